The third-order valence-corrected chi connectivity index (χ3v) is 8.90. The molecule has 4 rings (SSSR count). The van der Waals surface area contributed by atoms with E-state index in [1.165, 1.54) is 45.4 Å². The second-order valence-corrected chi connectivity index (χ2v) is 9.80. The van der Waals surface area contributed by atoms with Gasteiger partial charge in [0.15, 0.2) is 0 Å². The predicted molar refractivity (Wildman–Crippen MR) is 93.3 cm³/mol. The summed E-state index contributed by atoms with van der Waals surface area (Å²) in [6, 6.07) is 0. The highest BCUT2D eigenvalue weighted by molar-refractivity contribution is 5.66. The predicted octanol–water partition coefficient (Wildman–Crippen LogP) is 4.32. The summed E-state index contributed by atoms with van der Waals surface area (Å²) in [5.74, 6) is 2.96. The Morgan fingerprint density at radius 1 is 0.958 bits per heavy atom. The molecular weight excluding hydrogens is 300 g/mol. The lowest BCUT2D eigenvalue weighted by molar-refractivity contribution is -0.161. The van der Waals surface area contributed by atoms with Gasteiger partial charge in [-0.2, -0.15) is 0 Å². The maximum absolute atomic E-state index is 11.3. The van der Waals surface area contributed by atoms with Crippen LogP contribution in [0.3, 0.4) is 0 Å². The number of hydrogen-bond acceptors (Lipinski definition) is 3. The van der Waals surface area contributed by atoms with Gasteiger partial charge in [0.2, 0.25) is 0 Å². The summed E-state index contributed by atoms with van der Waals surface area (Å²) >= 11 is 0. The molecule has 8 atom stereocenters. The van der Waals surface area contributed by atoms with Gasteiger partial charge in [-0.15, -0.1) is 0 Å². The minimum Gasteiger partial charge on any atom is -0.463 e. The molecular formula is C21H34O3. The number of aliphatic hydroxyl groups excluding tert-OH is 1. The molecule has 0 amide bonds. The molecule has 1 N–H and O–H groups in total. The number of carbonyl (C=O) groups excluding carboxylic acids is 1. The molecule has 3 heteroatoms. The monoisotopic (exact) mass is 334 g/mol. The van der Waals surface area contributed by atoms with Crippen LogP contribution in [0.4, 0.5) is 0 Å². The Labute approximate surface area is 146 Å². The van der Waals surface area contributed by atoms with Crippen molar-refractivity contribution in [2.75, 3.05) is 0 Å². The molecule has 0 radical (unpaired) electrons. The van der Waals surface area contributed by atoms with E-state index in [9.17, 15) is 9.90 Å². The SMILES string of the molecule is CC(=O)OC1CC[C@@]2(C)C(CCC3C2CC[C@]2(C)C(O)CCC32)C1. The average molecular weight is 335 g/mol. The van der Waals surface area contributed by atoms with Crippen LogP contribution in [0.2, 0.25) is 0 Å². The lowest BCUT2D eigenvalue weighted by atomic mass is 9.45. The lowest BCUT2D eigenvalue weighted by Gasteiger charge is -2.60. The van der Waals surface area contributed by atoms with E-state index in [-0.39, 0.29) is 23.6 Å². The zero-order valence-corrected chi connectivity index (χ0v) is 15.6. The van der Waals surface area contributed by atoms with Gasteiger partial charge < -0.3 is 9.84 Å². The number of carbonyl (C=O) groups is 1. The quantitative estimate of drug-likeness (QED) is 0.726. The van der Waals surface area contributed by atoms with Crippen LogP contribution in [-0.4, -0.2) is 23.3 Å². The van der Waals surface area contributed by atoms with Crippen molar-refractivity contribution in [3.63, 3.8) is 0 Å². The van der Waals surface area contributed by atoms with Crippen molar-refractivity contribution in [1.29, 1.82) is 0 Å². The number of hydrogen-bond donors (Lipinski definition) is 1. The second kappa shape index (κ2) is 5.72. The maximum Gasteiger partial charge on any atom is 0.302 e. The minimum atomic E-state index is -0.120. The Morgan fingerprint density at radius 2 is 1.67 bits per heavy atom. The first-order chi connectivity index (χ1) is 11.3. The highest BCUT2D eigenvalue weighted by atomic mass is 16.5. The van der Waals surface area contributed by atoms with Crippen molar-refractivity contribution in [2.45, 2.75) is 90.8 Å². The molecule has 136 valence electrons. The first-order valence-electron chi connectivity index (χ1n) is 10.2. The van der Waals surface area contributed by atoms with E-state index < -0.39 is 0 Å². The summed E-state index contributed by atoms with van der Waals surface area (Å²) in [5.41, 5.74) is 0.605. The molecule has 0 aromatic heterocycles. The number of fused-ring (bicyclic) bond motifs is 5. The normalized spacial score (nSPS) is 53.7. The van der Waals surface area contributed by atoms with Crippen LogP contribution in [0.1, 0.15) is 78.6 Å². The Morgan fingerprint density at radius 3 is 2.42 bits per heavy atom. The lowest BCUT2D eigenvalue weighted by Crippen LogP contribution is -2.54. The molecule has 4 aliphatic rings. The molecule has 4 fully saturated rings. The third-order valence-electron chi connectivity index (χ3n) is 8.90. The Hall–Kier alpha value is -0.570. The molecule has 0 bridgehead atoms. The zero-order chi connectivity index (χ0) is 17.1. The van der Waals surface area contributed by atoms with Gasteiger partial charge in [-0.1, -0.05) is 13.8 Å². The Bertz CT molecular complexity index is 517. The fourth-order valence-electron chi connectivity index (χ4n) is 7.53. The smallest absolute Gasteiger partial charge is 0.302 e. The van der Waals surface area contributed by atoms with Crippen molar-refractivity contribution in [2.24, 2.45) is 34.5 Å². The minimum absolute atomic E-state index is 0.0753. The van der Waals surface area contributed by atoms with Crippen LogP contribution < -0.4 is 0 Å². The van der Waals surface area contributed by atoms with Gasteiger partial charge in [-0.3, -0.25) is 4.79 Å². The first-order valence-corrected chi connectivity index (χ1v) is 10.2. The molecule has 6 unspecified atom stereocenters. The molecule has 0 aliphatic heterocycles. The van der Waals surface area contributed by atoms with Crippen LogP contribution in [-0.2, 0) is 9.53 Å². The van der Waals surface area contributed by atoms with E-state index in [1.54, 1.807) is 0 Å². The second-order valence-electron chi connectivity index (χ2n) is 9.80. The van der Waals surface area contributed by atoms with E-state index in [4.69, 9.17) is 4.74 Å². The van der Waals surface area contributed by atoms with Crippen molar-refractivity contribution in [1.82, 2.24) is 0 Å². The van der Waals surface area contributed by atoms with E-state index in [2.05, 4.69) is 13.8 Å². The van der Waals surface area contributed by atoms with Crippen LogP contribution in [0, 0.1) is 34.5 Å². The molecule has 0 aromatic carbocycles. The molecule has 4 aliphatic carbocycles. The largest absolute Gasteiger partial charge is 0.463 e. The number of aliphatic hydroxyl groups is 1. The summed E-state index contributed by atoms with van der Waals surface area (Å²) in [6.07, 6.45) is 10.8. The van der Waals surface area contributed by atoms with Crippen LogP contribution >= 0.6 is 0 Å². The van der Waals surface area contributed by atoms with Gasteiger partial charge in [0.05, 0.1) is 6.10 Å². The highest BCUT2D eigenvalue weighted by Crippen LogP contribution is 2.66. The Balaban J connectivity index is 1.53. The zero-order valence-electron chi connectivity index (χ0n) is 15.6. The van der Waals surface area contributed by atoms with Crippen LogP contribution in [0.25, 0.3) is 0 Å². The maximum atomic E-state index is 11.3. The molecule has 4 saturated carbocycles. The summed E-state index contributed by atoms with van der Waals surface area (Å²) in [5, 5.41) is 10.5. The van der Waals surface area contributed by atoms with E-state index in [1.807, 2.05) is 0 Å². The molecule has 0 saturated heterocycles. The number of rotatable bonds is 1. The van der Waals surface area contributed by atoms with Crippen molar-refractivity contribution in [3.8, 4) is 0 Å². The van der Waals surface area contributed by atoms with E-state index in [0.717, 1.165) is 37.0 Å². The highest BCUT2D eigenvalue weighted by Gasteiger charge is 2.60. The van der Waals surface area contributed by atoms with Gasteiger partial charge in [0.1, 0.15) is 6.10 Å². The van der Waals surface area contributed by atoms with Crippen molar-refractivity contribution in [3.05, 3.63) is 0 Å². The van der Waals surface area contributed by atoms with Gasteiger partial charge in [-0.25, -0.2) is 0 Å². The number of ether oxygens (including phenoxy) is 1. The molecule has 0 heterocycles. The van der Waals surface area contributed by atoms with Gasteiger partial charge in [0.25, 0.3) is 0 Å². The molecule has 3 nitrogen and oxygen atoms in total. The molecule has 0 spiro atoms. The summed E-state index contributed by atoms with van der Waals surface area (Å²) in [6.45, 7) is 6.43. The average Bonchev–Trinajstić information content (AvgIpc) is 2.83. The summed E-state index contributed by atoms with van der Waals surface area (Å²) in [4.78, 5) is 11.3. The van der Waals surface area contributed by atoms with Crippen molar-refractivity contribution < 1.29 is 14.6 Å². The topological polar surface area (TPSA) is 46.5 Å². The van der Waals surface area contributed by atoms with Gasteiger partial charge in [-0.05, 0) is 92.3 Å². The fraction of sp³-hybridized carbons (Fsp3) is 0.952. The fourth-order valence-corrected chi connectivity index (χ4v) is 7.53. The van der Waals surface area contributed by atoms with Gasteiger partial charge >= 0.3 is 5.97 Å². The van der Waals surface area contributed by atoms with Gasteiger partial charge in [0, 0.05) is 6.92 Å². The van der Waals surface area contributed by atoms with Crippen LogP contribution in [0.15, 0.2) is 0 Å². The van der Waals surface area contributed by atoms with Crippen molar-refractivity contribution >= 4 is 5.97 Å². The number of esters is 1. The standard InChI is InChI=1S/C21H34O3/c1-13(22)24-15-8-10-20(2)14(12-15)4-5-16-17-6-7-19(23)21(17,3)11-9-18(16)20/h14-19,23H,4-12H2,1-3H3/t14?,15?,16?,17?,18?,19?,20-,21-/m0/s1. The summed E-state index contributed by atoms with van der Waals surface area (Å²) in [7, 11) is 0. The van der Waals surface area contributed by atoms with Crippen LogP contribution in [0.5, 0.6) is 0 Å². The molecule has 24 heavy (non-hydrogen) atoms. The first kappa shape index (κ1) is 16.9. The third kappa shape index (κ3) is 2.37. The Kier molecular flexibility index (Phi) is 4.02. The van der Waals surface area contributed by atoms with E-state index in [0.29, 0.717) is 11.3 Å². The molecule has 0 aromatic rings. The summed E-state index contributed by atoms with van der Waals surface area (Å²) < 4.78 is 5.55. The van der Waals surface area contributed by atoms with E-state index >= 15 is 0 Å².